The molecule has 98 valence electrons. The summed E-state index contributed by atoms with van der Waals surface area (Å²) in [7, 11) is -4.04. The van der Waals surface area contributed by atoms with E-state index in [2.05, 4.69) is 21.0 Å². The standard InChI is InChI=1S/C11H9BrN4O2S/c1-7-4-9(12)2-3-10(7)16-11(19(14,17)18)8(5-13)6-15-16/h2-4,6H,1H3,(H2,14,17,18). The molecule has 0 amide bonds. The zero-order valence-electron chi connectivity index (χ0n) is 9.83. The lowest BCUT2D eigenvalue weighted by Crippen LogP contribution is -2.18. The highest BCUT2D eigenvalue weighted by Gasteiger charge is 2.23. The molecule has 0 fully saturated rings. The van der Waals surface area contributed by atoms with Gasteiger partial charge in [-0.25, -0.2) is 18.2 Å². The fourth-order valence-corrected chi connectivity index (χ4v) is 2.98. The van der Waals surface area contributed by atoms with Crippen molar-refractivity contribution in [2.45, 2.75) is 11.9 Å². The van der Waals surface area contributed by atoms with Crippen molar-refractivity contribution >= 4 is 26.0 Å². The molecule has 0 spiro atoms. The van der Waals surface area contributed by atoms with E-state index < -0.39 is 10.0 Å². The molecule has 0 bridgehead atoms. The molecule has 2 aromatic rings. The molecule has 1 aromatic heterocycles. The van der Waals surface area contributed by atoms with Crippen molar-refractivity contribution in [1.82, 2.24) is 9.78 Å². The predicted molar refractivity (Wildman–Crippen MR) is 72.1 cm³/mol. The minimum atomic E-state index is -4.04. The fraction of sp³-hybridized carbons (Fsp3) is 0.0909. The van der Waals surface area contributed by atoms with Gasteiger partial charge in [0.25, 0.3) is 10.0 Å². The van der Waals surface area contributed by atoms with E-state index in [1.165, 1.54) is 6.20 Å². The molecule has 0 saturated heterocycles. The molecular weight excluding hydrogens is 332 g/mol. The Morgan fingerprint density at radius 2 is 2.16 bits per heavy atom. The molecule has 0 aliphatic heterocycles. The Balaban J connectivity index is 2.78. The van der Waals surface area contributed by atoms with Crippen LogP contribution < -0.4 is 5.14 Å². The van der Waals surface area contributed by atoms with Crippen LogP contribution in [0, 0.1) is 18.3 Å². The van der Waals surface area contributed by atoms with Crippen molar-refractivity contribution in [2.24, 2.45) is 5.14 Å². The molecule has 2 rings (SSSR count). The van der Waals surface area contributed by atoms with Gasteiger partial charge in [-0.05, 0) is 30.7 Å². The maximum atomic E-state index is 11.6. The van der Waals surface area contributed by atoms with E-state index in [1.54, 1.807) is 25.1 Å². The number of nitrogens with two attached hydrogens (primary N) is 1. The summed E-state index contributed by atoms with van der Waals surface area (Å²) in [5, 5.41) is 17.7. The molecular formula is C11H9BrN4O2S. The van der Waals surface area contributed by atoms with Crippen molar-refractivity contribution < 1.29 is 8.42 Å². The molecule has 0 atom stereocenters. The summed E-state index contributed by atoms with van der Waals surface area (Å²) in [6.07, 6.45) is 1.18. The van der Waals surface area contributed by atoms with Crippen LogP contribution in [-0.2, 0) is 10.0 Å². The van der Waals surface area contributed by atoms with Gasteiger partial charge in [-0.3, -0.25) is 0 Å². The molecule has 2 N–H and O–H groups in total. The molecule has 1 aromatic carbocycles. The first-order valence-electron chi connectivity index (χ1n) is 5.12. The first-order valence-corrected chi connectivity index (χ1v) is 7.46. The Morgan fingerprint density at radius 1 is 1.47 bits per heavy atom. The Hall–Kier alpha value is -1.69. The van der Waals surface area contributed by atoms with Gasteiger partial charge >= 0.3 is 0 Å². The minimum Gasteiger partial charge on any atom is -0.223 e. The highest BCUT2D eigenvalue weighted by Crippen LogP contribution is 2.23. The zero-order chi connectivity index (χ0) is 14.2. The highest BCUT2D eigenvalue weighted by atomic mass is 79.9. The minimum absolute atomic E-state index is 0.0789. The topological polar surface area (TPSA) is 102 Å². The number of hydrogen-bond acceptors (Lipinski definition) is 4. The number of sulfonamides is 1. The Morgan fingerprint density at radius 3 is 2.68 bits per heavy atom. The number of nitriles is 1. The third-order valence-electron chi connectivity index (χ3n) is 2.50. The van der Waals surface area contributed by atoms with Crippen LogP contribution in [0.2, 0.25) is 0 Å². The summed E-state index contributed by atoms with van der Waals surface area (Å²) < 4.78 is 25.2. The van der Waals surface area contributed by atoms with Crippen LogP contribution in [0.1, 0.15) is 11.1 Å². The van der Waals surface area contributed by atoms with Gasteiger partial charge < -0.3 is 0 Å². The third-order valence-corrected chi connectivity index (χ3v) is 3.93. The van der Waals surface area contributed by atoms with E-state index >= 15 is 0 Å². The van der Waals surface area contributed by atoms with Crippen LogP contribution in [0.3, 0.4) is 0 Å². The second-order valence-electron chi connectivity index (χ2n) is 3.86. The average molecular weight is 341 g/mol. The normalized spacial score (nSPS) is 11.3. The summed E-state index contributed by atoms with van der Waals surface area (Å²) >= 11 is 3.32. The van der Waals surface area contributed by atoms with Gasteiger partial charge in [-0.1, -0.05) is 15.9 Å². The molecule has 8 heteroatoms. The average Bonchev–Trinajstić information content (AvgIpc) is 2.72. The number of hydrogen-bond donors (Lipinski definition) is 1. The molecule has 6 nitrogen and oxygen atoms in total. The van der Waals surface area contributed by atoms with Crippen molar-refractivity contribution in [1.29, 1.82) is 5.26 Å². The lowest BCUT2D eigenvalue weighted by molar-refractivity contribution is 0.587. The van der Waals surface area contributed by atoms with Gasteiger partial charge in [0, 0.05) is 4.47 Å². The van der Waals surface area contributed by atoms with Crippen molar-refractivity contribution in [3.8, 4) is 11.8 Å². The van der Waals surface area contributed by atoms with Gasteiger partial charge in [0.2, 0.25) is 0 Å². The van der Waals surface area contributed by atoms with Gasteiger partial charge in [0.05, 0.1) is 11.9 Å². The van der Waals surface area contributed by atoms with E-state index in [4.69, 9.17) is 10.4 Å². The molecule has 19 heavy (non-hydrogen) atoms. The number of aryl methyl sites for hydroxylation is 1. The monoisotopic (exact) mass is 340 g/mol. The summed E-state index contributed by atoms with van der Waals surface area (Å²) in [5.41, 5.74) is 1.27. The first-order chi connectivity index (χ1) is 8.84. The summed E-state index contributed by atoms with van der Waals surface area (Å²) in [6, 6.07) is 7.04. The molecule has 0 aliphatic carbocycles. The molecule has 0 saturated carbocycles. The van der Waals surface area contributed by atoms with Gasteiger partial charge in [0.15, 0.2) is 5.03 Å². The highest BCUT2D eigenvalue weighted by molar-refractivity contribution is 9.10. The zero-order valence-corrected chi connectivity index (χ0v) is 12.2. The number of primary sulfonamides is 1. The second-order valence-corrected chi connectivity index (χ2v) is 6.26. The van der Waals surface area contributed by atoms with Crippen molar-refractivity contribution in [2.75, 3.05) is 0 Å². The van der Waals surface area contributed by atoms with Gasteiger partial charge in [0.1, 0.15) is 11.6 Å². The van der Waals surface area contributed by atoms with E-state index in [-0.39, 0.29) is 10.6 Å². The maximum Gasteiger partial charge on any atom is 0.257 e. The smallest absolute Gasteiger partial charge is 0.223 e. The second kappa shape index (κ2) is 4.77. The van der Waals surface area contributed by atoms with E-state index in [0.29, 0.717) is 5.69 Å². The number of rotatable bonds is 2. The van der Waals surface area contributed by atoms with Crippen LogP contribution in [0.4, 0.5) is 0 Å². The third kappa shape index (κ3) is 2.53. The number of aromatic nitrogens is 2. The summed E-state index contributed by atoms with van der Waals surface area (Å²) in [4.78, 5) is 0. The quantitative estimate of drug-likeness (QED) is 0.893. The van der Waals surface area contributed by atoms with Crippen molar-refractivity contribution in [3.05, 3.63) is 40.0 Å². The number of halogens is 1. The van der Waals surface area contributed by atoms with E-state index in [1.807, 2.05) is 6.07 Å². The molecule has 1 heterocycles. The van der Waals surface area contributed by atoms with E-state index in [9.17, 15) is 8.42 Å². The Labute approximate surface area is 118 Å². The molecule has 0 aliphatic rings. The number of nitrogens with zero attached hydrogens (tertiary/aromatic N) is 3. The van der Waals surface area contributed by atoms with Crippen LogP contribution in [0.15, 0.2) is 33.9 Å². The largest absolute Gasteiger partial charge is 0.257 e. The maximum absolute atomic E-state index is 11.6. The van der Waals surface area contributed by atoms with Crippen LogP contribution in [-0.4, -0.2) is 18.2 Å². The first kappa shape index (κ1) is 13.7. The SMILES string of the molecule is Cc1cc(Br)ccc1-n1ncc(C#N)c1S(N)(=O)=O. The summed E-state index contributed by atoms with van der Waals surface area (Å²) in [6.45, 7) is 1.81. The molecule has 0 radical (unpaired) electrons. The van der Waals surface area contributed by atoms with Gasteiger partial charge in [-0.2, -0.15) is 10.4 Å². The molecule has 0 unspecified atom stereocenters. The van der Waals surface area contributed by atoms with Crippen molar-refractivity contribution in [3.63, 3.8) is 0 Å². The lowest BCUT2D eigenvalue weighted by atomic mass is 10.2. The summed E-state index contributed by atoms with van der Waals surface area (Å²) in [5.74, 6) is 0. The van der Waals surface area contributed by atoms with Gasteiger partial charge in [-0.15, -0.1) is 0 Å². The lowest BCUT2D eigenvalue weighted by Gasteiger charge is -2.09. The fourth-order valence-electron chi connectivity index (χ4n) is 1.72. The predicted octanol–water partition coefficient (Wildman–Crippen LogP) is 1.46. The Bertz CT molecular complexity index is 790. The van der Waals surface area contributed by atoms with Crippen LogP contribution >= 0.6 is 15.9 Å². The van der Waals surface area contributed by atoms with E-state index in [0.717, 1.165) is 14.7 Å². The number of benzene rings is 1. The van der Waals surface area contributed by atoms with Crippen LogP contribution in [0.5, 0.6) is 0 Å². The van der Waals surface area contributed by atoms with Crippen LogP contribution in [0.25, 0.3) is 5.69 Å². The Kier molecular flexibility index (Phi) is 3.45.